The average Bonchev–Trinajstić information content (AvgIpc) is 3.22. The van der Waals surface area contributed by atoms with Crippen molar-refractivity contribution in [2.24, 2.45) is 0 Å². The summed E-state index contributed by atoms with van der Waals surface area (Å²) >= 11 is 5.77. The lowest BCUT2D eigenvalue weighted by molar-refractivity contribution is 0.0996. The van der Waals surface area contributed by atoms with E-state index in [0.717, 1.165) is 0 Å². The number of amides is 2. The Labute approximate surface area is 191 Å². The maximum Gasteiger partial charge on any atom is 0.414 e. The predicted octanol–water partition coefficient (Wildman–Crippen LogP) is 4.56. The number of ether oxygens (including phenoxy) is 1. The fraction of sp³-hybridized carbons (Fsp3) is 0.0435. The van der Waals surface area contributed by atoms with Crippen molar-refractivity contribution >= 4 is 46.1 Å². The minimum Gasteiger partial charge on any atom is -0.375 e. The van der Waals surface area contributed by atoms with Gasteiger partial charge in [-0.1, -0.05) is 35.9 Å². The van der Waals surface area contributed by atoms with E-state index in [0.29, 0.717) is 11.0 Å². The number of nitrogens with zero attached hydrogens (tertiary/aromatic N) is 1. The third kappa shape index (κ3) is 4.53. The van der Waals surface area contributed by atoms with Crippen molar-refractivity contribution in [1.29, 1.82) is 0 Å². The fourth-order valence-electron chi connectivity index (χ4n) is 3.14. The number of benzene rings is 3. The van der Waals surface area contributed by atoms with Gasteiger partial charge in [0.2, 0.25) is 0 Å². The number of imidazole rings is 1. The molecule has 8 nitrogen and oxygen atoms in total. The molecule has 10 heteroatoms. The van der Waals surface area contributed by atoms with Crippen LogP contribution in [0.1, 0.15) is 26.3 Å². The Kier molecular flexibility index (Phi) is 6.05. The molecule has 0 atom stereocenters. The van der Waals surface area contributed by atoms with Gasteiger partial charge in [0, 0.05) is 18.2 Å². The monoisotopic (exact) mass is 466 g/mol. The Morgan fingerprint density at radius 3 is 2.55 bits per heavy atom. The van der Waals surface area contributed by atoms with Crippen LogP contribution in [0.15, 0.2) is 60.7 Å². The van der Waals surface area contributed by atoms with Gasteiger partial charge < -0.3 is 20.4 Å². The largest absolute Gasteiger partial charge is 0.414 e. The predicted molar refractivity (Wildman–Crippen MR) is 120 cm³/mol. The maximum absolute atomic E-state index is 14.2. The third-order valence-corrected chi connectivity index (χ3v) is 5.02. The Morgan fingerprint density at radius 2 is 1.79 bits per heavy atom. The molecule has 0 radical (unpaired) electrons. The van der Waals surface area contributed by atoms with Crippen LogP contribution in [0.2, 0.25) is 5.02 Å². The molecule has 0 aliphatic heterocycles. The zero-order valence-corrected chi connectivity index (χ0v) is 17.9. The zero-order chi connectivity index (χ0) is 23.5. The van der Waals surface area contributed by atoms with E-state index >= 15 is 0 Å². The van der Waals surface area contributed by atoms with Crippen molar-refractivity contribution in [1.82, 2.24) is 15.3 Å². The summed E-state index contributed by atoms with van der Waals surface area (Å²) in [5, 5.41) is 4.62. The summed E-state index contributed by atoms with van der Waals surface area (Å²) in [5.74, 6) is -1.86. The SMILES string of the molecule is CNC(=O)Oc1nc2ccc(C(=O)c3ccccc3C(=O)Nc3cccc(Cl)c3F)cc2[nH]1. The van der Waals surface area contributed by atoms with Crippen LogP contribution in [0.4, 0.5) is 14.9 Å². The first kappa shape index (κ1) is 22.0. The number of hydrogen-bond donors (Lipinski definition) is 3. The van der Waals surface area contributed by atoms with Crippen LogP contribution < -0.4 is 15.4 Å². The lowest BCUT2D eigenvalue weighted by Crippen LogP contribution is -2.22. The first-order valence-electron chi connectivity index (χ1n) is 9.66. The van der Waals surface area contributed by atoms with Gasteiger partial charge in [-0.3, -0.25) is 9.59 Å². The molecular formula is C23H16ClFN4O4. The first-order valence-corrected chi connectivity index (χ1v) is 10.0. The summed E-state index contributed by atoms with van der Waals surface area (Å²) in [5.41, 5.74) is 1.30. The second-order valence-electron chi connectivity index (χ2n) is 6.84. The van der Waals surface area contributed by atoms with Crippen LogP contribution in [0.25, 0.3) is 11.0 Å². The second-order valence-corrected chi connectivity index (χ2v) is 7.25. The number of aromatic amines is 1. The molecule has 0 unspecified atom stereocenters. The summed E-state index contributed by atoms with van der Waals surface area (Å²) < 4.78 is 19.2. The van der Waals surface area contributed by atoms with Gasteiger partial charge in [-0.2, -0.15) is 4.98 Å². The molecule has 4 rings (SSSR count). The molecular weight excluding hydrogens is 451 g/mol. The summed E-state index contributed by atoms with van der Waals surface area (Å²) in [6.07, 6.45) is -0.693. The van der Waals surface area contributed by atoms with Gasteiger partial charge in [0.1, 0.15) is 0 Å². The molecule has 1 heterocycles. The lowest BCUT2D eigenvalue weighted by atomic mass is 9.97. The molecule has 166 valence electrons. The minimum atomic E-state index is -0.768. The lowest BCUT2D eigenvalue weighted by Gasteiger charge is -2.11. The molecule has 0 bridgehead atoms. The number of carbonyl (C=O) groups excluding carboxylic acids is 3. The van der Waals surface area contributed by atoms with Crippen LogP contribution in [-0.4, -0.2) is 34.8 Å². The van der Waals surface area contributed by atoms with Gasteiger partial charge in [0.15, 0.2) is 11.6 Å². The third-order valence-electron chi connectivity index (χ3n) is 4.73. The smallest absolute Gasteiger partial charge is 0.375 e. The molecule has 0 saturated carbocycles. The molecule has 1 aromatic heterocycles. The Morgan fingerprint density at radius 1 is 1.03 bits per heavy atom. The molecule has 0 aliphatic rings. The highest BCUT2D eigenvalue weighted by molar-refractivity contribution is 6.31. The van der Waals surface area contributed by atoms with E-state index in [4.69, 9.17) is 16.3 Å². The molecule has 3 N–H and O–H groups in total. The molecule has 3 aromatic carbocycles. The highest BCUT2D eigenvalue weighted by Crippen LogP contribution is 2.24. The average molecular weight is 467 g/mol. The molecule has 2 amide bonds. The molecule has 4 aromatic rings. The minimum absolute atomic E-state index is 0.0303. The van der Waals surface area contributed by atoms with Crippen LogP contribution >= 0.6 is 11.6 Å². The number of ketones is 1. The van der Waals surface area contributed by atoms with Crippen molar-refractivity contribution in [3.63, 3.8) is 0 Å². The van der Waals surface area contributed by atoms with Gasteiger partial charge in [-0.05, 0) is 36.4 Å². The Hall–Kier alpha value is -4.24. The number of carbonyl (C=O) groups is 3. The summed E-state index contributed by atoms with van der Waals surface area (Å²) in [7, 11) is 1.41. The van der Waals surface area contributed by atoms with E-state index in [-0.39, 0.29) is 33.4 Å². The maximum atomic E-state index is 14.2. The number of halogens is 2. The number of rotatable bonds is 5. The fourth-order valence-corrected chi connectivity index (χ4v) is 3.31. The first-order chi connectivity index (χ1) is 15.9. The molecule has 0 aliphatic carbocycles. The van der Waals surface area contributed by atoms with Gasteiger partial charge in [-0.25, -0.2) is 9.18 Å². The molecule has 0 saturated heterocycles. The van der Waals surface area contributed by atoms with Gasteiger partial charge in [-0.15, -0.1) is 0 Å². The molecule has 0 spiro atoms. The number of nitrogens with one attached hydrogen (secondary N) is 3. The number of fused-ring (bicyclic) bond motifs is 1. The van der Waals surface area contributed by atoms with Crippen LogP contribution in [0.5, 0.6) is 6.01 Å². The second kappa shape index (κ2) is 9.09. The van der Waals surface area contributed by atoms with Crippen LogP contribution in [0, 0.1) is 5.82 Å². The van der Waals surface area contributed by atoms with Gasteiger partial charge in [0.05, 0.1) is 27.3 Å². The van der Waals surface area contributed by atoms with E-state index in [9.17, 15) is 18.8 Å². The molecule has 33 heavy (non-hydrogen) atoms. The van der Waals surface area contributed by atoms with E-state index in [1.165, 1.54) is 43.4 Å². The van der Waals surface area contributed by atoms with Gasteiger partial charge in [0.25, 0.3) is 5.91 Å². The highest BCUT2D eigenvalue weighted by atomic mass is 35.5. The standard InChI is InChI=1S/C23H16ClFN4O4/c1-26-23(32)33-22-28-16-10-9-12(11-18(16)29-22)20(30)13-5-2-3-6-14(13)21(31)27-17-8-4-7-15(24)19(17)25/h2-11H,1H3,(H,26,32)(H,27,31)(H,28,29). The van der Waals surface area contributed by atoms with Crippen molar-refractivity contribution in [3.05, 3.63) is 88.2 Å². The van der Waals surface area contributed by atoms with E-state index in [1.54, 1.807) is 24.3 Å². The quantitative estimate of drug-likeness (QED) is 0.373. The number of H-pyrrole nitrogens is 1. The summed E-state index contributed by atoms with van der Waals surface area (Å²) in [6, 6.07) is 15.0. The van der Waals surface area contributed by atoms with Crippen molar-refractivity contribution in [2.45, 2.75) is 0 Å². The van der Waals surface area contributed by atoms with Crippen molar-refractivity contribution < 1.29 is 23.5 Å². The Balaban J connectivity index is 1.64. The topological polar surface area (TPSA) is 113 Å². The van der Waals surface area contributed by atoms with Crippen molar-refractivity contribution in [3.8, 4) is 6.01 Å². The zero-order valence-electron chi connectivity index (χ0n) is 17.1. The van der Waals surface area contributed by atoms with Gasteiger partial charge >= 0.3 is 12.1 Å². The number of anilines is 1. The van der Waals surface area contributed by atoms with E-state index in [1.807, 2.05) is 0 Å². The summed E-state index contributed by atoms with van der Waals surface area (Å²) in [4.78, 5) is 44.4. The van der Waals surface area contributed by atoms with Crippen LogP contribution in [0.3, 0.4) is 0 Å². The summed E-state index contributed by atoms with van der Waals surface area (Å²) in [6.45, 7) is 0. The van der Waals surface area contributed by atoms with Crippen molar-refractivity contribution in [2.75, 3.05) is 12.4 Å². The van der Waals surface area contributed by atoms with E-state index < -0.39 is 23.6 Å². The Bertz CT molecular complexity index is 1400. The number of aromatic nitrogens is 2. The molecule has 0 fully saturated rings. The van der Waals surface area contributed by atoms with E-state index in [2.05, 4.69) is 20.6 Å². The highest BCUT2D eigenvalue weighted by Gasteiger charge is 2.20. The van der Waals surface area contributed by atoms with Crippen LogP contribution in [-0.2, 0) is 0 Å². The number of hydrogen-bond acceptors (Lipinski definition) is 5. The normalized spacial score (nSPS) is 10.6.